The first-order chi connectivity index (χ1) is 12.5. The van der Waals surface area contributed by atoms with Crippen molar-refractivity contribution in [3.05, 3.63) is 83.8 Å². The van der Waals surface area contributed by atoms with Crippen LogP contribution in [0.3, 0.4) is 0 Å². The highest BCUT2D eigenvalue weighted by atomic mass is 19.1. The summed E-state index contributed by atoms with van der Waals surface area (Å²) in [4.78, 5) is 7.55. The van der Waals surface area contributed by atoms with Crippen molar-refractivity contribution in [2.75, 3.05) is 0 Å². The summed E-state index contributed by atoms with van der Waals surface area (Å²) in [6, 6.07) is 13.5. The fourth-order valence-electron chi connectivity index (χ4n) is 3.12. The van der Waals surface area contributed by atoms with Gasteiger partial charge in [-0.25, -0.2) is 13.8 Å². The van der Waals surface area contributed by atoms with Crippen molar-refractivity contribution >= 4 is 0 Å². The van der Waals surface area contributed by atoms with E-state index in [9.17, 15) is 8.78 Å². The van der Waals surface area contributed by atoms with E-state index < -0.39 is 0 Å². The van der Waals surface area contributed by atoms with Crippen LogP contribution in [0.25, 0.3) is 28.3 Å². The van der Waals surface area contributed by atoms with Crippen LogP contribution in [-0.4, -0.2) is 14.5 Å². The lowest BCUT2D eigenvalue weighted by atomic mass is 10.1. The highest BCUT2D eigenvalue weighted by Gasteiger charge is 2.14. The molecule has 0 saturated heterocycles. The third kappa shape index (κ3) is 2.81. The maximum atomic E-state index is 14.8. The van der Waals surface area contributed by atoms with E-state index in [1.165, 1.54) is 18.2 Å². The maximum absolute atomic E-state index is 14.8. The monoisotopic (exact) mass is 349 g/mol. The molecule has 0 saturated carbocycles. The van der Waals surface area contributed by atoms with Gasteiger partial charge in [-0.2, -0.15) is 0 Å². The van der Waals surface area contributed by atoms with E-state index in [2.05, 4.69) is 9.97 Å². The molecule has 0 bridgehead atoms. The summed E-state index contributed by atoms with van der Waals surface area (Å²) in [6.07, 6.45) is 3.31. The van der Waals surface area contributed by atoms with Crippen LogP contribution in [-0.2, 0) is 0 Å². The summed E-state index contributed by atoms with van der Waals surface area (Å²) in [5.41, 5.74) is 4.57. The van der Waals surface area contributed by atoms with Crippen LogP contribution in [0.1, 0.15) is 11.3 Å². The number of benzene rings is 2. The van der Waals surface area contributed by atoms with E-state index in [0.717, 1.165) is 28.1 Å². The summed E-state index contributed by atoms with van der Waals surface area (Å²) in [5, 5.41) is 0. The van der Waals surface area contributed by atoms with Crippen molar-refractivity contribution in [2.24, 2.45) is 0 Å². The zero-order valence-electron chi connectivity index (χ0n) is 14.4. The number of nitrogens with zero attached hydrogens (tertiary/aromatic N) is 2. The zero-order chi connectivity index (χ0) is 18.3. The van der Waals surface area contributed by atoms with Crippen molar-refractivity contribution in [1.82, 2.24) is 14.5 Å². The molecule has 0 spiro atoms. The number of hydrogen-bond acceptors (Lipinski definition) is 1. The van der Waals surface area contributed by atoms with Gasteiger partial charge in [0.1, 0.15) is 17.5 Å². The summed E-state index contributed by atoms with van der Waals surface area (Å²) in [5.74, 6) is -0.0835. The molecule has 3 nitrogen and oxygen atoms in total. The standard InChI is InChI=1S/C21H17F2N3/c1-13-11-16(22)5-6-17(13)21-24-9-10-26(21)20-8-4-15(12-18(20)23)19-7-3-14(2)25-19/h3-12,25H,1-2H3. The molecule has 4 aromatic rings. The van der Waals surface area contributed by atoms with Crippen molar-refractivity contribution in [3.63, 3.8) is 0 Å². The summed E-state index contributed by atoms with van der Waals surface area (Å²) < 4.78 is 29.9. The molecule has 0 aliphatic carbocycles. The van der Waals surface area contributed by atoms with Gasteiger partial charge < -0.3 is 4.98 Å². The minimum atomic E-state index is -0.353. The first kappa shape index (κ1) is 16.3. The number of halogens is 2. The Kier molecular flexibility index (Phi) is 3.92. The summed E-state index contributed by atoms with van der Waals surface area (Å²) >= 11 is 0. The normalized spacial score (nSPS) is 11.1. The number of imidazole rings is 1. The van der Waals surface area contributed by atoms with Gasteiger partial charge in [-0.3, -0.25) is 4.57 Å². The quantitative estimate of drug-likeness (QED) is 0.526. The lowest BCUT2D eigenvalue weighted by Gasteiger charge is -2.12. The predicted molar refractivity (Wildman–Crippen MR) is 98.2 cm³/mol. The molecule has 2 aromatic heterocycles. The molecule has 2 heterocycles. The van der Waals surface area contributed by atoms with Gasteiger partial charge in [0.15, 0.2) is 0 Å². The molecule has 26 heavy (non-hydrogen) atoms. The van der Waals surface area contributed by atoms with Gasteiger partial charge in [-0.1, -0.05) is 6.07 Å². The second-order valence-corrected chi connectivity index (χ2v) is 6.30. The Morgan fingerprint density at radius 3 is 2.50 bits per heavy atom. The number of nitrogens with one attached hydrogen (secondary N) is 1. The molecule has 0 amide bonds. The molecular formula is C21H17F2N3. The van der Waals surface area contributed by atoms with Crippen molar-refractivity contribution in [3.8, 4) is 28.3 Å². The van der Waals surface area contributed by atoms with Crippen LogP contribution in [0, 0.1) is 25.5 Å². The molecule has 0 aliphatic rings. The van der Waals surface area contributed by atoms with E-state index in [4.69, 9.17) is 0 Å². The molecule has 1 N–H and O–H groups in total. The van der Waals surface area contributed by atoms with Crippen LogP contribution >= 0.6 is 0 Å². The Bertz CT molecular complexity index is 1090. The van der Waals surface area contributed by atoms with E-state index in [1.807, 2.05) is 32.0 Å². The maximum Gasteiger partial charge on any atom is 0.147 e. The van der Waals surface area contributed by atoms with Crippen LogP contribution < -0.4 is 0 Å². The van der Waals surface area contributed by atoms with Gasteiger partial charge in [0.2, 0.25) is 0 Å². The minimum absolute atomic E-state index is 0.305. The average Bonchev–Trinajstić information content (AvgIpc) is 3.24. The van der Waals surface area contributed by atoms with E-state index in [1.54, 1.807) is 29.1 Å². The van der Waals surface area contributed by atoms with Gasteiger partial charge in [-0.15, -0.1) is 0 Å². The summed E-state index contributed by atoms with van der Waals surface area (Å²) in [7, 11) is 0. The lowest BCUT2D eigenvalue weighted by molar-refractivity contribution is 0.618. The number of hydrogen-bond donors (Lipinski definition) is 1. The highest BCUT2D eigenvalue weighted by molar-refractivity contribution is 5.65. The molecule has 0 fully saturated rings. The topological polar surface area (TPSA) is 33.6 Å². The molecule has 0 unspecified atom stereocenters. The predicted octanol–water partition coefficient (Wildman–Crippen LogP) is 5.43. The van der Waals surface area contributed by atoms with Crippen LogP contribution in [0.5, 0.6) is 0 Å². The first-order valence-electron chi connectivity index (χ1n) is 8.29. The van der Waals surface area contributed by atoms with E-state index in [-0.39, 0.29) is 11.6 Å². The Morgan fingerprint density at radius 1 is 0.962 bits per heavy atom. The second-order valence-electron chi connectivity index (χ2n) is 6.30. The SMILES string of the molecule is Cc1ccc(-c2ccc(-n3ccnc3-c3ccc(F)cc3C)c(F)c2)[nH]1. The number of H-pyrrole nitrogens is 1. The molecule has 130 valence electrons. The largest absolute Gasteiger partial charge is 0.359 e. The van der Waals surface area contributed by atoms with Crippen molar-refractivity contribution in [2.45, 2.75) is 13.8 Å². The average molecular weight is 349 g/mol. The van der Waals surface area contributed by atoms with E-state index >= 15 is 0 Å². The number of aryl methyl sites for hydroxylation is 2. The number of aromatic amines is 1. The van der Waals surface area contributed by atoms with Gasteiger partial charge in [0, 0.05) is 34.9 Å². The van der Waals surface area contributed by atoms with Crippen LogP contribution in [0.15, 0.2) is 60.9 Å². The molecule has 0 aliphatic heterocycles. The fourth-order valence-corrected chi connectivity index (χ4v) is 3.12. The molecular weight excluding hydrogens is 332 g/mol. The molecule has 5 heteroatoms. The Morgan fingerprint density at radius 2 is 1.81 bits per heavy atom. The number of rotatable bonds is 3. The molecule has 2 aromatic carbocycles. The lowest BCUT2D eigenvalue weighted by Crippen LogP contribution is -2.01. The Balaban J connectivity index is 1.79. The molecule has 0 atom stereocenters. The van der Waals surface area contributed by atoms with Gasteiger partial charge >= 0.3 is 0 Å². The second kappa shape index (κ2) is 6.26. The smallest absolute Gasteiger partial charge is 0.147 e. The Labute approximate surface area is 150 Å². The van der Waals surface area contributed by atoms with Gasteiger partial charge in [-0.05, 0) is 61.9 Å². The van der Waals surface area contributed by atoms with Crippen molar-refractivity contribution < 1.29 is 8.78 Å². The molecule has 0 radical (unpaired) electrons. The van der Waals surface area contributed by atoms with Gasteiger partial charge in [0.05, 0.1) is 5.69 Å². The Hall–Kier alpha value is -3.21. The summed E-state index contributed by atoms with van der Waals surface area (Å²) in [6.45, 7) is 3.77. The third-order valence-corrected chi connectivity index (χ3v) is 4.42. The van der Waals surface area contributed by atoms with Gasteiger partial charge in [0.25, 0.3) is 0 Å². The molecule has 4 rings (SSSR count). The first-order valence-corrected chi connectivity index (χ1v) is 8.29. The van der Waals surface area contributed by atoms with Crippen molar-refractivity contribution in [1.29, 1.82) is 0 Å². The van der Waals surface area contributed by atoms with Crippen LogP contribution in [0.2, 0.25) is 0 Å². The van der Waals surface area contributed by atoms with Crippen LogP contribution in [0.4, 0.5) is 8.78 Å². The fraction of sp³-hybridized carbons (Fsp3) is 0.0952. The minimum Gasteiger partial charge on any atom is -0.359 e. The zero-order valence-corrected chi connectivity index (χ0v) is 14.4. The number of aromatic nitrogens is 3. The third-order valence-electron chi connectivity index (χ3n) is 4.42. The van der Waals surface area contributed by atoms with E-state index in [0.29, 0.717) is 11.5 Å². The highest BCUT2D eigenvalue weighted by Crippen LogP contribution is 2.28.